The standard InChI is InChI=1S/C15H21NOS/c1-13(2)12-16-15(17)9-11-18-10-8-14-6-4-3-5-7-14/h3-7,9,11,13H,8,10,12H2,1-2H3,(H,16,17)/b11-9+. The van der Waals surface area contributed by atoms with Gasteiger partial charge in [0, 0.05) is 18.4 Å². The number of amides is 1. The first kappa shape index (κ1) is 14.8. The zero-order valence-electron chi connectivity index (χ0n) is 11.1. The molecule has 18 heavy (non-hydrogen) atoms. The van der Waals surface area contributed by atoms with Gasteiger partial charge in [0.25, 0.3) is 0 Å². The van der Waals surface area contributed by atoms with E-state index in [9.17, 15) is 4.79 Å². The lowest BCUT2D eigenvalue weighted by Gasteiger charge is -2.04. The topological polar surface area (TPSA) is 29.1 Å². The monoisotopic (exact) mass is 263 g/mol. The lowest BCUT2D eigenvalue weighted by atomic mass is 10.2. The highest BCUT2D eigenvalue weighted by Gasteiger charge is 1.97. The third kappa shape index (κ3) is 7.17. The lowest BCUT2D eigenvalue weighted by molar-refractivity contribution is -0.116. The molecule has 0 fully saturated rings. The molecule has 0 aliphatic rings. The molecule has 0 atom stereocenters. The molecule has 0 spiro atoms. The lowest BCUT2D eigenvalue weighted by Crippen LogP contribution is -2.25. The van der Waals surface area contributed by atoms with Gasteiger partial charge in [-0.05, 0) is 23.3 Å². The van der Waals surface area contributed by atoms with E-state index in [1.54, 1.807) is 17.8 Å². The molecule has 2 nitrogen and oxygen atoms in total. The predicted octanol–water partition coefficient (Wildman–Crippen LogP) is 3.25. The van der Waals surface area contributed by atoms with E-state index in [0.717, 1.165) is 18.7 Å². The summed E-state index contributed by atoms with van der Waals surface area (Å²) < 4.78 is 0. The van der Waals surface area contributed by atoms with Crippen molar-refractivity contribution >= 4 is 17.7 Å². The first-order valence-electron chi connectivity index (χ1n) is 6.28. The number of hydrogen-bond acceptors (Lipinski definition) is 2. The predicted molar refractivity (Wildman–Crippen MR) is 79.6 cm³/mol. The minimum atomic E-state index is -0.00379. The third-order valence-electron chi connectivity index (χ3n) is 2.35. The van der Waals surface area contributed by atoms with Gasteiger partial charge >= 0.3 is 0 Å². The number of hydrogen-bond donors (Lipinski definition) is 1. The minimum absolute atomic E-state index is 0.00379. The summed E-state index contributed by atoms with van der Waals surface area (Å²) in [5, 5.41) is 4.73. The molecule has 1 rings (SSSR count). The van der Waals surface area contributed by atoms with Crippen LogP contribution in [0.2, 0.25) is 0 Å². The number of thioether (sulfide) groups is 1. The van der Waals surface area contributed by atoms with Crippen molar-refractivity contribution < 1.29 is 4.79 Å². The Hall–Kier alpha value is -1.22. The first-order valence-corrected chi connectivity index (χ1v) is 7.33. The van der Waals surface area contributed by atoms with E-state index in [2.05, 4.69) is 43.4 Å². The fourth-order valence-electron chi connectivity index (χ4n) is 1.36. The van der Waals surface area contributed by atoms with Crippen LogP contribution in [0, 0.1) is 5.92 Å². The molecule has 0 saturated heterocycles. The highest BCUT2D eigenvalue weighted by molar-refractivity contribution is 8.02. The van der Waals surface area contributed by atoms with Gasteiger partial charge in [0.05, 0.1) is 0 Å². The summed E-state index contributed by atoms with van der Waals surface area (Å²) in [6, 6.07) is 10.4. The van der Waals surface area contributed by atoms with Crippen LogP contribution in [0.25, 0.3) is 0 Å². The summed E-state index contributed by atoms with van der Waals surface area (Å²) in [4.78, 5) is 11.4. The Labute approximate surface area is 114 Å². The average molecular weight is 263 g/mol. The van der Waals surface area contributed by atoms with Crippen molar-refractivity contribution in [2.45, 2.75) is 20.3 Å². The van der Waals surface area contributed by atoms with Gasteiger partial charge in [-0.15, -0.1) is 11.8 Å². The van der Waals surface area contributed by atoms with E-state index >= 15 is 0 Å². The number of rotatable bonds is 7. The average Bonchev–Trinajstić information content (AvgIpc) is 2.37. The van der Waals surface area contributed by atoms with Gasteiger partial charge in [-0.3, -0.25) is 4.79 Å². The van der Waals surface area contributed by atoms with E-state index in [0.29, 0.717) is 5.92 Å². The summed E-state index contributed by atoms with van der Waals surface area (Å²) in [6.45, 7) is 4.90. The number of benzene rings is 1. The van der Waals surface area contributed by atoms with Crippen LogP contribution in [0.4, 0.5) is 0 Å². The van der Waals surface area contributed by atoms with Crippen LogP contribution in [0.1, 0.15) is 19.4 Å². The first-order chi connectivity index (χ1) is 8.68. The maximum absolute atomic E-state index is 11.4. The normalized spacial score (nSPS) is 11.1. The Bertz CT molecular complexity index is 373. The Kier molecular flexibility index (Phi) is 7.26. The van der Waals surface area contributed by atoms with Crippen molar-refractivity contribution in [3.05, 3.63) is 47.4 Å². The molecule has 0 aliphatic heterocycles. The Morgan fingerprint density at radius 3 is 2.72 bits per heavy atom. The van der Waals surface area contributed by atoms with Crippen LogP contribution in [0.5, 0.6) is 0 Å². The summed E-state index contributed by atoms with van der Waals surface area (Å²) in [7, 11) is 0. The van der Waals surface area contributed by atoms with Gasteiger partial charge in [0.1, 0.15) is 0 Å². The van der Waals surface area contributed by atoms with Crippen LogP contribution in [0.15, 0.2) is 41.8 Å². The van der Waals surface area contributed by atoms with Gasteiger partial charge in [0.2, 0.25) is 5.91 Å². The molecule has 0 heterocycles. The van der Waals surface area contributed by atoms with E-state index in [1.807, 2.05) is 11.5 Å². The molecular formula is C15H21NOS. The summed E-state index contributed by atoms with van der Waals surface area (Å²) in [5.74, 6) is 1.49. The SMILES string of the molecule is CC(C)CNC(=O)/C=C/SCCc1ccccc1. The molecule has 3 heteroatoms. The van der Waals surface area contributed by atoms with Crippen molar-refractivity contribution in [1.82, 2.24) is 5.32 Å². The zero-order valence-corrected chi connectivity index (χ0v) is 11.9. The van der Waals surface area contributed by atoms with Crippen LogP contribution >= 0.6 is 11.8 Å². The van der Waals surface area contributed by atoms with Gasteiger partial charge in [-0.2, -0.15) is 0 Å². The molecule has 0 aliphatic carbocycles. The van der Waals surface area contributed by atoms with Crippen molar-refractivity contribution in [3.63, 3.8) is 0 Å². The third-order valence-corrected chi connectivity index (χ3v) is 3.12. The highest BCUT2D eigenvalue weighted by Crippen LogP contribution is 2.07. The molecule has 0 radical (unpaired) electrons. The zero-order chi connectivity index (χ0) is 13.2. The highest BCUT2D eigenvalue weighted by atomic mass is 32.2. The second kappa shape index (κ2) is 8.81. The molecule has 1 amide bonds. The smallest absolute Gasteiger partial charge is 0.244 e. The second-order valence-corrected chi connectivity index (χ2v) is 5.56. The molecular weight excluding hydrogens is 242 g/mol. The van der Waals surface area contributed by atoms with Crippen molar-refractivity contribution in [2.75, 3.05) is 12.3 Å². The van der Waals surface area contributed by atoms with Gasteiger partial charge in [-0.1, -0.05) is 44.2 Å². The number of nitrogens with one attached hydrogen (secondary N) is 1. The van der Waals surface area contributed by atoms with E-state index < -0.39 is 0 Å². The molecule has 98 valence electrons. The molecule has 0 aromatic heterocycles. The van der Waals surface area contributed by atoms with E-state index in [-0.39, 0.29) is 5.91 Å². The van der Waals surface area contributed by atoms with Crippen molar-refractivity contribution in [1.29, 1.82) is 0 Å². The maximum atomic E-state index is 11.4. The summed E-state index contributed by atoms with van der Waals surface area (Å²) in [5.41, 5.74) is 1.34. The second-order valence-electron chi connectivity index (χ2n) is 4.55. The van der Waals surface area contributed by atoms with Crippen LogP contribution in [0.3, 0.4) is 0 Å². The molecule has 0 saturated carbocycles. The number of carbonyl (C=O) groups is 1. The number of aryl methyl sites for hydroxylation is 1. The Balaban J connectivity index is 2.12. The fourth-order valence-corrected chi connectivity index (χ4v) is 2.07. The van der Waals surface area contributed by atoms with Gasteiger partial charge in [0.15, 0.2) is 0 Å². The van der Waals surface area contributed by atoms with Crippen LogP contribution in [-0.4, -0.2) is 18.2 Å². The number of carbonyl (C=O) groups excluding carboxylic acids is 1. The Morgan fingerprint density at radius 2 is 2.06 bits per heavy atom. The molecule has 1 aromatic carbocycles. The minimum Gasteiger partial charge on any atom is -0.352 e. The molecule has 0 unspecified atom stereocenters. The molecule has 0 bridgehead atoms. The molecule has 1 N–H and O–H groups in total. The van der Waals surface area contributed by atoms with Gasteiger partial charge in [-0.25, -0.2) is 0 Å². The van der Waals surface area contributed by atoms with E-state index in [4.69, 9.17) is 0 Å². The molecule has 1 aromatic rings. The summed E-state index contributed by atoms with van der Waals surface area (Å²) in [6.07, 6.45) is 2.64. The van der Waals surface area contributed by atoms with Crippen molar-refractivity contribution in [3.8, 4) is 0 Å². The van der Waals surface area contributed by atoms with Crippen LogP contribution < -0.4 is 5.32 Å². The largest absolute Gasteiger partial charge is 0.352 e. The van der Waals surface area contributed by atoms with Crippen molar-refractivity contribution in [2.24, 2.45) is 5.92 Å². The quantitative estimate of drug-likeness (QED) is 0.604. The van der Waals surface area contributed by atoms with Crippen LogP contribution in [-0.2, 0) is 11.2 Å². The Morgan fingerprint density at radius 1 is 1.33 bits per heavy atom. The van der Waals surface area contributed by atoms with Gasteiger partial charge < -0.3 is 5.32 Å². The summed E-state index contributed by atoms with van der Waals surface area (Å²) >= 11 is 1.67. The fraction of sp³-hybridized carbons (Fsp3) is 0.400. The van der Waals surface area contributed by atoms with E-state index in [1.165, 1.54) is 5.56 Å². The maximum Gasteiger partial charge on any atom is 0.244 e.